The number of sulfonamides is 1. The van der Waals surface area contributed by atoms with Crippen LogP contribution in [-0.2, 0) is 21.2 Å². The molecule has 0 bridgehead atoms. The van der Waals surface area contributed by atoms with Gasteiger partial charge in [-0.25, -0.2) is 13.4 Å². The van der Waals surface area contributed by atoms with Crippen LogP contribution in [0.4, 0.5) is 5.13 Å². The molecule has 1 aromatic heterocycles. The van der Waals surface area contributed by atoms with E-state index in [0.29, 0.717) is 5.69 Å². The van der Waals surface area contributed by atoms with Crippen molar-refractivity contribution in [3.05, 3.63) is 11.1 Å². The van der Waals surface area contributed by atoms with Crippen molar-refractivity contribution in [1.29, 1.82) is 0 Å². The predicted octanol–water partition coefficient (Wildman–Crippen LogP) is 1.31. The van der Waals surface area contributed by atoms with Gasteiger partial charge in [-0.05, 0) is 20.8 Å². The second kappa shape index (κ2) is 4.61. The molecule has 0 radical (unpaired) electrons. The largest absolute Gasteiger partial charge is 0.481 e. The molecule has 0 aliphatic rings. The van der Waals surface area contributed by atoms with Crippen molar-refractivity contribution >= 4 is 32.5 Å². The lowest BCUT2D eigenvalue weighted by molar-refractivity contribution is -0.136. The van der Waals surface area contributed by atoms with Crippen molar-refractivity contribution in [1.82, 2.24) is 4.98 Å². The van der Waals surface area contributed by atoms with Crippen LogP contribution in [0.3, 0.4) is 0 Å². The third kappa shape index (κ3) is 3.67. The Labute approximate surface area is 104 Å². The molecule has 1 rings (SSSR count). The average Bonchev–Trinajstić information content (AvgIpc) is 2.48. The summed E-state index contributed by atoms with van der Waals surface area (Å²) in [5.74, 6) is -1.000. The van der Waals surface area contributed by atoms with E-state index in [9.17, 15) is 13.2 Å². The number of aliphatic carboxylic acids is 1. The quantitative estimate of drug-likeness (QED) is 0.865. The summed E-state index contributed by atoms with van der Waals surface area (Å²) in [5, 5.41) is 10.3. The summed E-state index contributed by atoms with van der Waals surface area (Å²) in [5.41, 5.74) is 0.342. The van der Waals surface area contributed by atoms with E-state index in [1.807, 2.05) is 0 Å². The number of rotatable bonds is 4. The minimum Gasteiger partial charge on any atom is -0.481 e. The maximum atomic E-state index is 11.8. The number of hydrogen-bond acceptors (Lipinski definition) is 5. The Hall–Kier alpha value is -1.15. The van der Waals surface area contributed by atoms with Gasteiger partial charge in [-0.3, -0.25) is 9.52 Å². The highest BCUT2D eigenvalue weighted by Gasteiger charge is 2.29. The van der Waals surface area contributed by atoms with Crippen LogP contribution in [0.2, 0.25) is 0 Å². The van der Waals surface area contributed by atoms with E-state index in [1.165, 1.54) is 5.38 Å². The molecule has 6 nitrogen and oxygen atoms in total. The summed E-state index contributed by atoms with van der Waals surface area (Å²) in [6.07, 6.45) is -0.215. The number of nitrogens with zero attached hydrogens (tertiary/aromatic N) is 1. The van der Waals surface area contributed by atoms with Gasteiger partial charge in [0.05, 0.1) is 16.9 Å². The van der Waals surface area contributed by atoms with E-state index in [4.69, 9.17) is 5.11 Å². The van der Waals surface area contributed by atoms with Crippen molar-refractivity contribution in [2.45, 2.75) is 31.9 Å². The topological polar surface area (TPSA) is 96.4 Å². The molecule has 96 valence electrons. The Morgan fingerprint density at radius 2 is 2.12 bits per heavy atom. The van der Waals surface area contributed by atoms with Crippen LogP contribution in [0.5, 0.6) is 0 Å². The molecule has 0 fully saturated rings. The number of carboxylic acid groups (broad SMARTS) is 1. The average molecular weight is 278 g/mol. The highest BCUT2D eigenvalue weighted by molar-refractivity contribution is 7.94. The standard InChI is InChI=1S/C9H14N2O4S2/c1-9(2,3)17(14,15)11-8-10-6(5-16-8)4-7(12)13/h5H,4H2,1-3H3,(H,10,11)(H,12,13). The fourth-order valence-corrected chi connectivity index (χ4v) is 2.51. The molecule has 8 heteroatoms. The fourth-order valence-electron chi connectivity index (χ4n) is 0.858. The van der Waals surface area contributed by atoms with Crippen LogP contribution in [0, 0.1) is 0 Å². The lowest BCUT2D eigenvalue weighted by Gasteiger charge is -2.18. The maximum Gasteiger partial charge on any atom is 0.309 e. The summed E-state index contributed by atoms with van der Waals surface area (Å²) < 4.78 is 25.0. The number of carboxylic acids is 1. The lowest BCUT2D eigenvalue weighted by atomic mass is 10.3. The van der Waals surface area contributed by atoms with Gasteiger partial charge in [-0.15, -0.1) is 11.3 Å². The second-order valence-corrected chi connectivity index (χ2v) is 7.73. The third-order valence-electron chi connectivity index (χ3n) is 1.91. The Bertz CT molecular complexity index is 513. The zero-order valence-electron chi connectivity index (χ0n) is 9.72. The summed E-state index contributed by atoms with van der Waals surface area (Å²) in [7, 11) is -3.52. The molecule has 0 aliphatic heterocycles. The summed E-state index contributed by atoms with van der Waals surface area (Å²) in [6.45, 7) is 4.71. The van der Waals surface area contributed by atoms with Crippen LogP contribution in [0.1, 0.15) is 26.5 Å². The first-order chi connectivity index (χ1) is 7.62. The maximum absolute atomic E-state index is 11.8. The molecule has 0 aromatic carbocycles. The Morgan fingerprint density at radius 3 is 2.59 bits per heavy atom. The van der Waals surface area contributed by atoms with E-state index in [1.54, 1.807) is 20.8 Å². The molecular weight excluding hydrogens is 264 g/mol. The van der Waals surface area contributed by atoms with Gasteiger partial charge in [0, 0.05) is 5.38 Å². The molecule has 2 N–H and O–H groups in total. The Kier molecular flexibility index (Phi) is 3.78. The van der Waals surface area contributed by atoms with Crippen LogP contribution >= 0.6 is 11.3 Å². The van der Waals surface area contributed by atoms with E-state index < -0.39 is 20.7 Å². The van der Waals surface area contributed by atoms with Gasteiger partial charge in [0.1, 0.15) is 0 Å². The molecule has 0 aliphatic carbocycles. The van der Waals surface area contributed by atoms with Crippen molar-refractivity contribution in [2.75, 3.05) is 4.72 Å². The minimum atomic E-state index is -3.52. The summed E-state index contributed by atoms with van der Waals surface area (Å²) in [6, 6.07) is 0. The van der Waals surface area contributed by atoms with E-state index >= 15 is 0 Å². The first-order valence-corrected chi connectivity index (χ1v) is 7.16. The van der Waals surface area contributed by atoms with Crippen LogP contribution < -0.4 is 4.72 Å². The SMILES string of the molecule is CC(C)(C)S(=O)(=O)Nc1nc(CC(=O)O)cs1. The van der Waals surface area contributed by atoms with Gasteiger partial charge in [-0.1, -0.05) is 0 Å². The molecule has 0 saturated heterocycles. The first kappa shape index (κ1) is 13.9. The highest BCUT2D eigenvalue weighted by atomic mass is 32.2. The number of nitrogens with one attached hydrogen (secondary N) is 1. The molecule has 0 atom stereocenters. The van der Waals surface area contributed by atoms with E-state index in [0.717, 1.165) is 11.3 Å². The van der Waals surface area contributed by atoms with Gasteiger partial charge >= 0.3 is 5.97 Å². The highest BCUT2D eigenvalue weighted by Crippen LogP contribution is 2.22. The fraction of sp³-hybridized carbons (Fsp3) is 0.556. The zero-order valence-corrected chi connectivity index (χ0v) is 11.4. The van der Waals surface area contributed by atoms with E-state index in [-0.39, 0.29) is 11.6 Å². The molecular formula is C9H14N2O4S2. The first-order valence-electron chi connectivity index (χ1n) is 4.80. The lowest BCUT2D eigenvalue weighted by Crippen LogP contribution is -2.33. The molecule has 0 saturated carbocycles. The van der Waals surface area contributed by atoms with Crippen molar-refractivity contribution in [3.63, 3.8) is 0 Å². The molecule has 1 heterocycles. The van der Waals surface area contributed by atoms with Gasteiger partial charge < -0.3 is 5.11 Å². The Balaban J connectivity index is 2.84. The van der Waals surface area contributed by atoms with Gasteiger partial charge in [-0.2, -0.15) is 0 Å². The second-order valence-electron chi connectivity index (χ2n) is 4.43. The van der Waals surface area contributed by atoms with Gasteiger partial charge in [0.2, 0.25) is 10.0 Å². The van der Waals surface area contributed by atoms with Crippen LogP contribution in [0.25, 0.3) is 0 Å². The minimum absolute atomic E-state index is 0.191. The van der Waals surface area contributed by atoms with Crippen molar-refractivity contribution in [2.24, 2.45) is 0 Å². The van der Waals surface area contributed by atoms with Crippen molar-refractivity contribution < 1.29 is 18.3 Å². The number of thiazole rings is 1. The number of carbonyl (C=O) groups is 1. The van der Waals surface area contributed by atoms with Gasteiger partial charge in [0.15, 0.2) is 5.13 Å². The molecule has 0 spiro atoms. The molecule has 0 amide bonds. The molecule has 0 unspecified atom stereocenters. The van der Waals surface area contributed by atoms with Gasteiger partial charge in [0.25, 0.3) is 0 Å². The van der Waals surface area contributed by atoms with Crippen molar-refractivity contribution in [3.8, 4) is 0 Å². The summed E-state index contributed by atoms with van der Waals surface area (Å²) in [4.78, 5) is 14.3. The zero-order chi connectivity index (χ0) is 13.3. The normalized spacial score (nSPS) is 12.4. The number of hydrogen-bond donors (Lipinski definition) is 2. The number of aromatic nitrogens is 1. The summed E-state index contributed by atoms with van der Waals surface area (Å²) >= 11 is 1.07. The van der Waals surface area contributed by atoms with E-state index in [2.05, 4.69) is 9.71 Å². The third-order valence-corrected chi connectivity index (χ3v) is 4.92. The molecule has 17 heavy (non-hydrogen) atoms. The Morgan fingerprint density at radius 1 is 1.53 bits per heavy atom. The smallest absolute Gasteiger partial charge is 0.309 e. The van der Waals surface area contributed by atoms with Crippen LogP contribution in [0.15, 0.2) is 5.38 Å². The monoisotopic (exact) mass is 278 g/mol. The molecule has 1 aromatic rings. The number of anilines is 1. The van der Waals surface area contributed by atoms with Crippen LogP contribution in [-0.4, -0.2) is 29.2 Å². The predicted molar refractivity (Wildman–Crippen MR) is 65.7 cm³/mol.